The number of rotatable bonds is 11. The lowest BCUT2D eigenvalue weighted by Gasteiger charge is -2.16. The third kappa shape index (κ3) is 6.69. The third-order valence-electron chi connectivity index (χ3n) is 5.54. The van der Waals surface area contributed by atoms with Crippen molar-refractivity contribution in [3.05, 3.63) is 88.5 Å². The van der Waals surface area contributed by atoms with Gasteiger partial charge in [0, 0.05) is 17.5 Å². The van der Waals surface area contributed by atoms with Crippen molar-refractivity contribution in [1.29, 1.82) is 0 Å². The quantitative estimate of drug-likeness (QED) is 0.114. The fourth-order valence-corrected chi connectivity index (χ4v) is 5.65. The van der Waals surface area contributed by atoms with Crippen LogP contribution in [0, 0.1) is 11.6 Å². The number of amides is 1. The van der Waals surface area contributed by atoms with Gasteiger partial charge in [-0.2, -0.15) is 0 Å². The van der Waals surface area contributed by atoms with E-state index in [0.717, 1.165) is 29.2 Å². The van der Waals surface area contributed by atoms with Crippen LogP contribution in [0.15, 0.2) is 65.7 Å². The van der Waals surface area contributed by atoms with E-state index in [1.807, 2.05) is 0 Å². The fourth-order valence-electron chi connectivity index (χ4n) is 3.71. The van der Waals surface area contributed by atoms with Gasteiger partial charge in [-0.1, -0.05) is 41.6 Å². The third-order valence-corrected chi connectivity index (χ3v) is 7.70. The predicted octanol–water partition coefficient (Wildman–Crippen LogP) is 6.78. The predicted molar refractivity (Wildman–Crippen MR) is 151 cm³/mol. The van der Waals surface area contributed by atoms with E-state index in [-0.39, 0.29) is 28.0 Å². The van der Waals surface area contributed by atoms with Crippen LogP contribution in [0.1, 0.15) is 29.2 Å². The van der Waals surface area contributed by atoms with Gasteiger partial charge >= 0.3 is 5.97 Å². The Balaban J connectivity index is 1.48. The van der Waals surface area contributed by atoms with Crippen molar-refractivity contribution in [2.24, 2.45) is 0 Å². The Bertz CT molecular complexity index is 1540. The molecule has 0 aliphatic heterocycles. The van der Waals surface area contributed by atoms with Crippen LogP contribution in [0.5, 0.6) is 5.75 Å². The normalized spacial score (nSPS) is 11.6. The van der Waals surface area contributed by atoms with Crippen LogP contribution in [-0.2, 0) is 16.1 Å². The molecule has 1 atom stereocenters. The van der Waals surface area contributed by atoms with Crippen molar-refractivity contribution < 1.29 is 27.8 Å². The average molecular weight is 605 g/mol. The van der Waals surface area contributed by atoms with E-state index in [0.29, 0.717) is 33.7 Å². The van der Waals surface area contributed by atoms with Gasteiger partial charge in [-0.25, -0.2) is 13.6 Å². The van der Waals surface area contributed by atoms with E-state index in [4.69, 9.17) is 21.1 Å². The molecule has 0 spiro atoms. The molecule has 0 saturated carbocycles. The van der Waals surface area contributed by atoms with E-state index in [1.54, 1.807) is 35.1 Å². The first-order valence-electron chi connectivity index (χ1n) is 11.8. The first-order chi connectivity index (χ1) is 19.2. The van der Waals surface area contributed by atoms with Gasteiger partial charge in [-0.3, -0.25) is 9.36 Å². The number of carbonyl (C=O) groups excluding carboxylic acids is 2. The number of thioether (sulfide) groups is 1. The Morgan fingerprint density at radius 1 is 1.20 bits per heavy atom. The molecule has 2 heterocycles. The van der Waals surface area contributed by atoms with Crippen molar-refractivity contribution in [3.8, 4) is 16.9 Å². The number of esters is 1. The summed E-state index contributed by atoms with van der Waals surface area (Å²) >= 11 is 8.38. The number of nitrogens with one attached hydrogen (secondary N) is 1. The van der Waals surface area contributed by atoms with Gasteiger partial charge in [0.1, 0.15) is 27.9 Å². The minimum Gasteiger partial charge on any atom is -0.481 e. The summed E-state index contributed by atoms with van der Waals surface area (Å²) in [5.41, 5.74) is 1.31. The van der Waals surface area contributed by atoms with Crippen molar-refractivity contribution in [1.82, 2.24) is 14.8 Å². The molecule has 2 aromatic heterocycles. The van der Waals surface area contributed by atoms with E-state index in [9.17, 15) is 18.4 Å². The van der Waals surface area contributed by atoms with Crippen molar-refractivity contribution in [3.63, 3.8) is 0 Å². The van der Waals surface area contributed by atoms with Crippen molar-refractivity contribution in [2.75, 3.05) is 18.2 Å². The van der Waals surface area contributed by atoms with Crippen LogP contribution >= 0.6 is 34.7 Å². The monoisotopic (exact) mass is 604 g/mol. The highest BCUT2D eigenvalue weighted by Gasteiger charge is 2.24. The maximum atomic E-state index is 13.4. The largest absolute Gasteiger partial charge is 0.481 e. The zero-order valence-electron chi connectivity index (χ0n) is 21.3. The Kier molecular flexibility index (Phi) is 9.56. The molecule has 1 unspecified atom stereocenters. The first-order valence-corrected chi connectivity index (χ1v) is 14.0. The van der Waals surface area contributed by atoms with Crippen LogP contribution in [0.25, 0.3) is 11.1 Å². The summed E-state index contributed by atoms with van der Waals surface area (Å²) in [5, 5.41) is 13.7. The second-order valence-corrected chi connectivity index (χ2v) is 10.5. The summed E-state index contributed by atoms with van der Waals surface area (Å²) in [6, 6.07) is 9.49. The van der Waals surface area contributed by atoms with E-state index < -0.39 is 23.7 Å². The molecule has 4 aromatic rings. The van der Waals surface area contributed by atoms with Crippen LogP contribution < -0.4 is 10.1 Å². The van der Waals surface area contributed by atoms with Crippen LogP contribution in [0.2, 0.25) is 5.02 Å². The minimum absolute atomic E-state index is 0.0430. The van der Waals surface area contributed by atoms with Gasteiger partial charge in [0.15, 0.2) is 17.1 Å². The number of anilines is 1. The highest BCUT2D eigenvalue weighted by atomic mass is 35.5. The number of hydrogen-bond acceptors (Lipinski definition) is 8. The van der Waals surface area contributed by atoms with Crippen molar-refractivity contribution >= 4 is 51.6 Å². The Morgan fingerprint density at radius 2 is 1.93 bits per heavy atom. The van der Waals surface area contributed by atoms with Gasteiger partial charge in [0.2, 0.25) is 5.91 Å². The Morgan fingerprint density at radius 3 is 2.60 bits per heavy atom. The lowest BCUT2D eigenvalue weighted by Crippen LogP contribution is -2.17. The number of nitrogens with zero attached hydrogens (tertiary/aromatic N) is 3. The number of benzene rings is 2. The summed E-state index contributed by atoms with van der Waals surface area (Å²) in [6.45, 7) is 5.86. The minimum atomic E-state index is -0.630. The Hall–Kier alpha value is -3.74. The van der Waals surface area contributed by atoms with Gasteiger partial charge < -0.3 is 14.8 Å². The molecule has 8 nitrogen and oxygen atoms in total. The summed E-state index contributed by atoms with van der Waals surface area (Å²) in [4.78, 5) is 25.4. The number of methoxy groups -OCH3 is 1. The smallest absolute Gasteiger partial charge is 0.341 e. The van der Waals surface area contributed by atoms with Gasteiger partial charge in [-0.15, -0.1) is 28.1 Å². The molecular formula is C27H23ClF2N4O4S2. The van der Waals surface area contributed by atoms with Crippen LogP contribution in [-0.4, -0.2) is 39.5 Å². The number of carbonyl (C=O) groups is 2. The number of hydrogen-bond donors (Lipinski definition) is 1. The number of halogens is 3. The molecule has 0 saturated heterocycles. The lowest BCUT2D eigenvalue weighted by molar-refractivity contribution is -0.113. The van der Waals surface area contributed by atoms with Gasteiger partial charge in [-0.05, 0) is 42.8 Å². The highest BCUT2D eigenvalue weighted by Crippen LogP contribution is 2.36. The van der Waals surface area contributed by atoms with Gasteiger partial charge in [0.05, 0.1) is 17.9 Å². The number of allylic oxidation sites excluding steroid dienone is 1. The molecule has 0 radical (unpaired) electrons. The summed E-state index contributed by atoms with van der Waals surface area (Å²) in [5.74, 6) is -1.21. The first kappa shape index (κ1) is 29.2. The van der Waals surface area contributed by atoms with Gasteiger partial charge in [0.25, 0.3) is 0 Å². The molecule has 4 rings (SSSR count). The molecule has 208 valence electrons. The maximum Gasteiger partial charge on any atom is 0.341 e. The molecular weight excluding hydrogens is 582 g/mol. The van der Waals surface area contributed by atoms with E-state index >= 15 is 0 Å². The zero-order valence-corrected chi connectivity index (χ0v) is 23.7. The summed E-state index contributed by atoms with van der Waals surface area (Å²) in [6.07, 6.45) is 1.05. The molecule has 2 aromatic carbocycles. The Labute approximate surface area is 242 Å². The standard InChI is InChI=1S/C27H23ClF2N4O4S2/c1-4-11-34-24(15(2)38-21-10-9-18(30)12-20(21)28)32-33-27(34)40-14-22(35)31-25-23(26(36)37-3)19(13-39-25)16-5-7-17(29)8-6-16/h4-10,12-13,15H,1,11,14H2,2-3H3,(H,31,35). The molecule has 0 aliphatic rings. The maximum absolute atomic E-state index is 13.4. The van der Waals surface area contributed by atoms with Crippen LogP contribution in [0.3, 0.4) is 0 Å². The molecule has 1 amide bonds. The molecule has 0 bridgehead atoms. The molecule has 0 aliphatic carbocycles. The SMILES string of the molecule is C=CCn1c(SCC(=O)Nc2scc(-c3ccc(F)cc3)c2C(=O)OC)nnc1C(C)Oc1ccc(F)cc1Cl. The average Bonchev–Trinajstić information content (AvgIpc) is 3.53. The number of aromatic nitrogens is 3. The lowest BCUT2D eigenvalue weighted by atomic mass is 10.0. The molecule has 0 fully saturated rings. The molecule has 40 heavy (non-hydrogen) atoms. The second-order valence-electron chi connectivity index (χ2n) is 8.26. The van der Waals surface area contributed by atoms with Crippen LogP contribution in [0.4, 0.5) is 13.8 Å². The number of ether oxygens (including phenoxy) is 2. The van der Waals surface area contributed by atoms with E-state index in [1.165, 1.54) is 31.4 Å². The van der Waals surface area contributed by atoms with E-state index in [2.05, 4.69) is 22.1 Å². The summed E-state index contributed by atoms with van der Waals surface area (Å²) in [7, 11) is 1.24. The summed E-state index contributed by atoms with van der Waals surface area (Å²) < 4.78 is 39.3. The second kappa shape index (κ2) is 13.1. The molecule has 13 heteroatoms. The highest BCUT2D eigenvalue weighted by molar-refractivity contribution is 7.99. The fraction of sp³-hybridized carbons (Fsp3) is 0.185. The topological polar surface area (TPSA) is 95.3 Å². The number of thiophene rings is 1. The molecule has 1 N–H and O–H groups in total. The van der Waals surface area contributed by atoms with Crippen molar-refractivity contribution in [2.45, 2.75) is 24.7 Å². The zero-order chi connectivity index (χ0) is 28.8.